The van der Waals surface area contributed by atoms with Crippen molar-refractivity contribution in [2.24, 2.45) is 17.1 Å². The van der Waals surface area contributed by atoms with Crippen molar-refractivity contribution in [2.75, 3.05) is 6.54 Å². The Bertz CT molecular complexity index is 131. The van der Waals surface area contributed by atoms with E-state index in [1.165, 1.54) is 0 Å². The SMILES string of the molecule is CC(C)(C)[C@@H](CN)C(=O)O.Cl. The molecule has 0 aromatic heterocycles. The van der Waals surface area contributed by atoms with Crippen LogP contribution in [0.15, 0.2) is 0 Å². The van der Waals surface area contributed by atoms with Gasteiger partial charge in [0.05, 0.1) is 5.92 Å². The zero-order chi connectivity index (χ0) is 8.36. The predicted molar refractivity (Wildman–Crippen MR) is 46.9 cm³/mol. The van der Waals surface area contributed by atoms with Crippen molar-refractivity contribution in [1.82, 2.24) is 0 Å². The quantitative estimate of drug-likeness (QED) is 0.671. The van der Waals surface area contributed by atoms with Gasteiger partial charge in [0.1, 0.15) is 0 Å². The van der Waals surface area contributed by atoms with E-state index >= 15 is 0 Å². The second-order valence-electron chi connectivity index (χ2n) is 3.49. The molecule has 0 heterocycles. The summed E-state index contributed by atoms with van der Waals surface area (Å²) in [6.07, 6.45) is 0. The van der Waals surface area contributed by atoms with Gasteiger partial charge in [0, 0.05) is 6.54 Å². The highest BCUT2D eigenvalue weighted by Crippen LogP contribution is 2.24. The minimum Gasteiger partial charge on any atom is -0.481 e. The van der Waals surface area contributed by atoms with E-state index < -0.39 is 11.9 Å². The Labute approximate surface area is 73.4 Å². The smallest absolute Gasteiger partial charge is 0.308 e. The van der Waals surface area contributed by atoms with Gasteiger partial charge in [0.2, 0.25) is 0 Å². The molecule has 0 aliphatic heterocycles. The van der Waals surface area contributed by atoms with E-state index in [1.807, 2.05) is 20.8 Å². The van der Waals surface area contributed by atoms with Gasteiger partial charge in [0.25, 0.3) is 0 Å². The lowest BCUT2D eigenvalue weighted by atomic mass is 9.81. The van der Waals surface area contributed by atoms with Crippen LogP contribution in [0.4, 0.5) is 0 Å². The predicted octanol–water partition coefficient (Wildman–Crippen LogP) is 1.11. The summed E-state index contributed by atoms with van der Waals surface area (Å²) < 4.78 is 0. The van der Waals surface area contributed by atoms with Gasteiger partial charge in [-0.25, -0.2) is 0 Å². The molecule has 0 unspecified atom stereocenters. The number of carboxylic acid groups (broad SMARTS) is 1. The Morgan fingerprint density at radius 1 is 1.55 bits per heavy atom. The summed E-state index contributed by atoms with van der Waals surface area (Å²) in [5, 5.41) is 8.63. The van der Waals surface area contributed by atoms with Gasteiger partial charge in [0.15, 0.2) is 0 Å². The Morgan fingerprint density at radius 3 is 1.91 bits per heavy atom. The monoisotopic (exact) mass is 181 g/mol. The number of halogens is 1. The molecule has 0 bridgehead atoms. The Balaban J connectivity index is 0. The Kier molecular flexibility index (Phi) is 5.53. The van der Waals surface area contributed by atoms with Crippen molar-refractivity contribution in [3.63, 3.8) is 0 Å². The van der Waals surface area contributed by atoms with Crippen molar-refractivity contribution in [3.8, 4) is 0 Å². The average molecular weight is 182 g/mol. The lowest BCUT2D eigenvalue weighted by Gasteiger charge is -2.25. The first kappa shape index (κ1) is 13.3. The zero-order valence-electron chi connectivity index (χ0n) is 7.13. The maximum absolute atomic E-state index is 10.5. The van der Waals surface area contributed by atoms with Crippen molar-refractivity contribution < 1.29 is 9.90 Å². The number of hydrogen-bond acceptors (Lipinski definition) is 2. The molecule has 0 aliphatic carbocycles. The molecule has 0 saturated heterocycles. The molecule has 0 radical (unpaired) electrons. The fourth-order valence-corrected chi connectivity index (χ4v) is 0.825. The fraction of sp³-hybridized carbons (Fsp3) is 0.857. The van der Waals surface area contributed by atoms with Gasteiger partial charge in [-0.15, -0.1) is 12.4 Å². The Morgan fingerprint density at radius 2 is 1.91 bits per heavy atom. The van der Waals surface area contributed by atoms with Crippen molar-refractivity contribution >= 4 is 18.4 Å². The van der Waals surface area contributed by atoms with E-state index in [0.29, 0.717) is 0 Å². The summed E-state index contributed by atoms with van der Waals surface area (Å²) in [7, 11) is 0. The lowest BCUT2D eigenvalue weighted by Crippen LogP contribution is -2.34. The van der Waals surface area contributed by atoms with Crippen LogP contribution in [0.25, 0.3) is 0 Å². The second kappa shape index (κ2) is 4.57. The van der Waals surface area contributed by atoms with Crippen LogP contribution in [-0.2, 0) is 4.79 Å². The molecule has 0 aromatic carbocycles. The van der Waals surface area contributed by atoms with Crippen LogP contribution in [0.5, 0.6) is 0 Å². The standard InChI is InChI=1S/C7H15NO2.ClH/c1-7(2,3)5(4-8)6(9)10;/h5H,4,8H2,1-3H3,(H,9,10);1H/t5-;/m0./s1. The summed E-state index contributed by atoms with van der Waals surface area (Å²) in [5.41, 5.74) is 5.04. The van der Waals surface area contributed by atoms with Gasteiger partial charge < -0.3 is 10.8 Å². The van der Waals surface area contributed by atoms with Crippen LogP contribution in [0.1, 0.15) is 20.8 Å². The molecule has 0 fully saturated rings. The number of carbonyl (C=O) groups is 1. The molecule has 0 spiro atoms. The maximum atomic E-state index is 10.5. The van der Waals surface area contributed by atoms with E-state index in [-0.39, 0.29) is 24.4 Å². The minimum absolute atomic E-state index is 0. The highest BCUT2D eigenvalue weighted by molar-refractivity contribution is 5.85. The third-order valence-corrected chi connectivity index (χ3v) is 1.58. The Hall–Kier alpha value is -0.280. The van der Waals surface area contributed by atoms with Crippen molar-refractivity contribution in [3.05, 3.63) is 0 Å². The average Bonchev–Trinajstić information content (AvgIpc) is 1.60. The fourth-order valence-electron chi connectivity index (χ4n) is 0.825. The third-order valence-electron chi connectivity index (χ3n) is 1.58. The number of rotatable bonds is 2. The lowest BCUT2D eigenvalue weighted by molar-refractivity contribution is -0.144. The zero-order valence-corrected chi connectivity index (χ0v) is 7.94. The number of aliphatic carboxylic acids is 1. The normalized spacial score (nSPS) is 13.5. The molecule has 11 heavy (non-hydrogen) atoms. The van der Waals surface area contributed by atoms with E-state index in [1.54, 1.807) is 0 Å². The van der Waals surface area contributed by atoms with Crippen LogP contribution in [0.2, 0.25) is 0 Å². The summed E-state index contributed by atoms with van der Waals surface area (Å²) in [6, 6.07) is 0. The molecule has 0 aromatic rings. The van der Waals surface area contributed by atoms with Crippen molar-refractivity contribution in [2.45, 2.75) is 20.8 Å². The molecule has 3 N–H and O–H groups in total. The van der Waals surface area contributed by atoms with Crippen LogP contribution < -0.4 is 5.73 Å². The van der Waals surface area contributed by atoms with E-state index in [2.05, 4.69) is 0 Å². The van der Waals surface area contributed by atoms with Crippen LogP contribution in [0, 0.1) is 11.3 Å². The summed E-state index contributed by atoms with van der Waals surface area (Å²) in [4.78, 5) is 10.5. The molecular formula is C7H16ClNO2. The largest absolute Gasteiger partial charge is 0.481 e. The van der Waals surface area contributed by atoms with Gasteiger partial charge in [-0.3, -0.25) is 4.79 Å². The third kappa shape index (κ3) is 4.22. The van der Waals surface area contributed by atoms with Gasteiger partial charge >= 0.3 is 5.97 Å². The van der Waals surface area contributed by atoms with Gasteiger partial charge in [-0.1, -0.05) is 20.8 Å². The first-order valence-corrected chi connectivity index (χ1v) is 3.32. The number of carboxylic acids is 1. The number of nitrogens with two attached hydrogens (primary N) is 1. The van der Waals surface area contributed by atoms with E-state index in [4.69, 9.17) is 10.8 Å². The molecule has 0 aliphatic rings. The number of hydrogen-bond donors (Lipinski definition) is 2. The molecule has 0 amide bonds. The van der Waals surface area contributed by atoms with Gasteiger partial charge in [-0.2, -0.15) is 0 Å². The molecular weight excluding hydrogens is 166 g/mol. The van der Waals surface area contributed by atoms with Crippen LogP contribution >= 0.6 is 12.4 Å². The summed E-state index contributed by atoms with van der Waals surface area (Å²) in [6.45, 7) is 5.83. The molecule has 3 nitrogen and oxygen atoms in total. The maximum Gasteiger partial charge on any atom is 0.308 e. The second-order valence-corrected chi connectivity index (χ2v) is 3.49. The molecule has 4 heteroatoms. The van der Waals surface area contributed by atoms with Crippen LogP contribution in [-0.4, -0.2) is 17.6 Å². The topological polar surface area (TPSA) is 63.3 Å². The highest BCUT2D eigenvalue weighted by atomic mass is 35.5. The van der Waals surface area contributed by atoms with Gasteiger partial charge in [-0.05, 0) is 5.41 Å². The molecule has 0 rings (SSSR count). The van der Waals surface area contributed by atoms with Crippen molar-refractivity contribution in [1.29, 1.82) is 0 Å². The molecule has 68 valence electrons. The first-order valence-electron chi connectivity index (χ1n) is 3.32. The highest BCUT2D eigenvalue weighted by Gasteiger charge is 2.29. The van der Waals surface area contributed by atoms with Crippen LogP contribution in [0.3, 0.4) is 0 Å². The summed E-state index contributed by atoms with van der Waals surface area (Å²) >= 11 is 0. The molecule has 0 saturated carbocycles. The molecule has 1 atom stereocenters. The first-order chi connectivity index (χ1) is 4.39. The minimum atomic E-state index is -0.810. The van der Waals surface area contributed by atoms with E-state index in [9.17, 15) is 4.79 Å². The summed E-state index contributed by atoms with van der Waals surface area (Å²) in [5.74, 6) is -1.25. The van der Waals surface area contributed by atoms with E-state index in [0.717, 1.165) is 0 Å².